The Morgan fingerprint density at radius 1 is 1.05 bits per heavy atom. The average Bonchev–Trinajstić information content (AvgIpc) is 2.36. The summed E-state index contributed by atoms with van der Waals surface area (Å²) in [5.41, 5.74) is 1.42. The molecule has 0 aromatic carbocycles. The molecule has 1 aromatic rings. The molecule has 0 aliphatic heterocycles. The summed E-state index contributed by atoms with van der Waals surface area (Å²) in [4.78, 5) is 4.32. The average molecular weight is 264 g/mol. The van der Waals surface area contributed by atoms with Crippen molar-refractivity contribution < 1.29 is 5.11 Å². The molecule has 0 unspecified atom stereocenters. The Hall–Kier alpha value is -1.23. The highest BCUT2D eigenvalue weighted by molar-refractivity contribution is 5.25. The van der Waals surface area contributed by atoms with Gasteiger partial charge in [0.2, 0.25) is 5.95 Å². The molecule has 2 rings (SSSR count). The Labute approximate surface area is 114 Å². The zero-order valence-electron chi connectivity index (χ0n) is 12.3. The molecule has 1 aliphatic carbocycles. The van der Waals surface area contributed by atoms with Gasteiger partial charge in [-0.15, -0.1) is 5.10 Å². The highest BCUT2D eigenvalue weighted by Crippen LogP contribution is 2.40. The van der Waals surface area contributed by atoms with Crippen LogP contribution in [0, 0.1) is 19.3 Å². The largest absolute Gasteiger partial charge is 0.388 e. The van der Waals surface area contributed by atoms with Crippen molar-refractivity contribution in [2.75, 3.05) is 11.9 Å². The maximum absolute atomic E-state index is 10.6. The molecular weight excluding hydrogens is 240 g/mol. The third-order valence-corrected chi connectivity index (χ3v) is 4.20. The van der Waals surface area contributed by atoms with Gasteiger partial charge in [0.15, 0.2) is 0 Å². The number of nitrogens with zero attached hydrogens (tertiary/aromatic N) is 3. The highest BCUT2D eigenvalue weighted by Gasteiger charge is 2.36. The van der Waals surface area contributed by atoms with Crippen LogP contribution in [0.3, 0.4) is 0 Å². The molecule has 2 N–H and O–H groups in total. The van der Waals surface area contributed by atoms with Crippen molar-refractivity contribution in [3.8, 4) is 0 Å². The smallest absolute Gasteiger partial charge is 0.243 e. The molecule has 0 amide bonds. The number of aliphatic hydroxyl groups is 1. The number of rotatable bonds is 3. The van der Waals surface area contributed by atoms with Gasteiger partial charge in [0.05, 0.1) is 17.0 Å². The van der Waals surface area contributed by atoms with Crippen molar-refractivity contribution in [1.29, 1.82) is 0 Å². The zero-order chi connectivity index (χ0) is 14.1. The molecule has 19 heavy (non-hydrogen) atoms. The Kier molecular flexibility index (Phi) is 3.76. The van der Waals surface area contributed by atoms with Gasteiger partial charge in [-0.1, -0.05) is 13.8 Å². The van der Waals surface area contributed by atoms with Crippen LogP contribution in [0.2, 0.25) is 0 Å². The summed E-state index contributed by atoms with van der Waals surface area (Å²) in [5, 5.41) is 21.7. The first-order valence-corrected chi connectivity index (χ1v) is 6.94. The summed E-state index contributed by atoms with van der Waals surface area (Å²) >= 11 is 0. The van der Waals surface area contributed by atoms with Crippen molar-refractivity contribution in [1.82, 2.24) is 15.2 Å². The molecular formula is C14H24N4O. The first-order chi connectivity index (χ1) is 8.80. The molecule has 106 valence electrons. The first kappa shape index (κ1) is 14.2. The van der Waals surface area contributed by atoms with Gasteiger partial charge in [-0.25, -0.2) is 4.98 Å². The van der Waals surface area contributed by atoms with Gasteiger partial charge in [0.1, 0.15) is 0 Å². The lowest BCUT2D eigenvalue weighted by Crippen LogP contribution is -2.42. The van der Waals surface area contributed by atoms with Crippen LogP contribution < -0.4 is 5.32 Å². The van der Waals surface area contributed by atoms with Gasteiger partial charge < -0.3 is 10.4 Å². The van der Waals surface area contributed by atoms with Crippen LogP contribution in [0.4, 0.5) is 5.95 Å². The number of hydrogen-bond acceptors (Lipinski definition) is 5. The molecule has 0 spiro atoms. The minimum Gasteiger partial charge on any atom is -0.388 e. The Morgan fingerprint density at radius 2 is 1.68 bits per heavy atom. The van der Waals surface area contributed by atoms with Gasteiger partial charge in [-0.05, 0) is 44.9 Å². The van der Waals surface area contributed by atoms with Crippen LogP contribution in [0.5, 0.6) is 0 Å². The third-order valence-electron chi connectivity index (χ3n) is 4.20. The molecule has 5 nitrogen and oxygen atoms in total. The number of anilines is 1. The van der Waals surface area contributed by atoms with Gasteiger partial charge in [-0.3, -0.25) is 0 Å². The van der Waals surface area contributed by atoms with Crippen LogP contribution in [-0.4, -0.2) is 32.4 Å². The summed E-state index contributed by atoms with van der Waals surface area (Å²) in [5.74, 6) is 0.501. The molecule has 0 bridgehead atoms. The molecule has 0 atom stereocenters. The van der Waals surface area contributed by atoms with E-state index in [1.165, 1.54) is 0 Å². The predicted octanol–water partition coefficient (Wildman–Crippen LogP) is 2.23. The quantitative estimate of drug-likeness (QED) is 0.876. The van der Waals surface area contributed by atoms with E-state index in [0.29, 0.717) is 17.9 Å². The maximum atomic E-state index is 10.6. The lowest BCUT2D eigenvalue weighted by Gasteiger charge is -2.40. The molecule has 0 radical (unpaired) electrons. The van der Waals surface area contributed by atoms with Crippen molar-refractivity contribution >= 4 is 5.95 Å². The van der Waals surface area contributed by atoms with E-state index in [-0.39, 0.29) is 0 Å². The number of hydrogen-bond donors (Lipinski definition) is 2. The topological polar surface area (TPSA) is 70.9 Å². The molecule has 0 saturated heterocycles. The lowest BCUT2D eigenvalue weighted by molar-refractivity contribution is -0.0146. The van der Waals surface area contributed by atoms with Crippen LogP contribution in [0.1, 0.15) is 50.9 Å². The van der Waals surface area contributed by atoms with Crippen molar-refractivity contribution in [2.24, 2.45) is 5.41 Å². The Bertz CT molecular complexity index is 449. The monoisotopic (exact) mass is 264 g/mol. The second-order valence-electron chi connectivity index (χ2n) is 6.55. The first-order valence-electron chi connectivity index (χ1n) is 6.94. The van der Waals surface area contributed by atoms with Crippen LogP contribution in [0.25, 0.3) is 0 Å². The fourth-order valence-corrected chi connectivity index (χ4v) is 2.34. The molecule has 1 fully saturated rings. The molecule has 5 heteroatoms. The van der Waals surface area contributed by atoms with Gasteiger partial charge in [0.25, 0.3) is 0 Å². The SMILES string of the molecule is Cc1nnc(NCC2(O)CCC(C)(C)CC2)nc1C. The summed E-state index contributed by atoms with van der Waals surface area (Å²) in [7, 11) is 0. The molecule has 1 aromatic heterocycles. The molecule has 1 heterocycles. The van der Waals surface area contributed by atoms with E-state index >= 15 is 0 Å². The third kappa shape index (κ3) is 3.62. The van der Waals surface area contributed by atoms with E-state index in [1.54, 1.807) is 0 Å². The normalized spacial score (nSPS) is 21.1. The van der Waals surface area contributed by atoms with Crippen molar-refractivity contribution in [3.05, 3.63) is 11.4 Å². The standard InChI is InChI=1S/C14H24N4O/c1-10-11(2)17-18-12(16-10)15-9-14(19)7-5-13(3,4)6-8-14/h19H,5-9H2,1-4H3,(H,15,16,18). The van der Waals surface area contributed by atoms with Crippen LogP contribution >= 0.6 is 0 Å². The van der Waals surface area contributed by atoms with E-state index in [2.05, 4.69) is 34.3 Å². The summed E-state index contributed by atoms with van der Waals surface area (Å²) in [6.07, 6.45) is 3.75. The van der Waals surface area contributed by atoms with Gasteiger partial charge in [-0.2, -0.15) is 5.10 Å². The zero-order valence-corrected chi connectivity index (χ0v) is 12.3. The minimum atomic E-state index is -0.641. The van der Waals surface area contributed by atoms with E-state index in [1.807, 2.05) is 13.8 Å². The second kappa shape index (κ2) is 5.04. The minimum absolute atomic E-state index is 0.352. The van der Waals surface area contributed by atoms with Crippen LogP contribution in [0.15, 0.2) is 0 Å². The second-order valence-corrected chi connectivity index (χ2v) is 6.55. The van der Waals surface area contributed by atoms with Crippen LogP contribution in [-0.2, 0) is 0 Å². The van der Waals surface area contributed by atoms with Gasteiger partial charge >= 0.3 is 0 Å². The fraction of sp³-hybridized carbons (Fsp3) is 0.786. The van der Waals surface area contributed by atoms with Gasteiger partial charge in [0, 0.05) is 6.54 Å². The highest BCUT2D eigenvalue weighted by atomic mass is 16.3. The lowest BCUT2D eigenvalue weighted by atomic mass is 9.71. The van der Waals surface area contributed by atoms with E-state index in [4.69, 9.17) is 0 Å². The number of aryl methyl sites for hydroxylation is 2. The summed E-state index contributed by atoms with van der Waals surface area (Å²) < 4.78 is 0. The Balaban J connectivity index is 1.93. The van der Waals surface area contributed by atoms with E-state index in [9.17, 15) is 5.11 Å². The molecule has 1 aliphatic rings. The molecule has 1 saturated carbocycles. The van der Waals surface area contributed by atoms with Crippen molar-refractivity contribution in [3.63, 3.8) is 0 Å². The number of nitrogens with one attached hydrogen (secondary N) is 1. The van der Waals surface area contributed by atoms with E-state index in [0.717, 1.165) is 37.1 Å². The predicted molar refractivity (Wildman–Crippen MR) is 75.0 cm³/mol. The fourth-order valence-electron chi connectivity index (χ4n) is 2.34. The Morgan fingerprint density at radius 3 is 2.26 bits per heavy atom. The van der Waals surface area contributed by atoms with Crippen molar-refractivity contribution in [2.45, 2.75) is 59.0 Å². The summed E-state index contributed by atoms with van der Waals surface area (Å²) in [6, 6.07) is 0. The summed E-state index contributed by atoms with van der Waals surface area (Å²) in [6.45, 7) is 8.81. The van der Waals surface area contributed by atoms with E-state index < -0.39 is 5.60 Å². The number of aromatic nitrogens is 3. The maximum Gasteiger partial charge on any atom is 0.243 e.